The van der Waals surface area contributed by atoms with Gasteiger partial charge in [0.25, 0.3) is 5.56 Å². The van der Waals surface area contributed by atoms with Crippen LogP contribution in [0, 0.1) is 5.82 Å². The molecule has 11 heteroatoms. The highest BCUT2D eigenvalue weighted by Gasteiger charge is 2.37. The molecule has 0 aliphatic carbocycles. The van der Waals surface area contributed by atoms with Gasteiger partial charge in [0.2, 0.25) is 11.7 Å². The fourth-order valence-corrected chi connectivity index (χ4v) is 3.96. The Morgan fingerprint density at radius 2 is 2.00 bits per heavy atom. The van der Waals surface area contributed by atoms with Crippen molar-refractivity contribution in [3.05, 3.63) is 80.1 Å². The molecule has 4 rings (SSSR count). The second-order valence-electron chi connectivity index (χ2n) is 6.96. The van der Waals surface area contributed by atoms with Gasteiger partial charge in [-0.25, -0.2) is 13.9 Å². The van der Waals surface area contributed by atoms with E-state index in [0.29, 0.717) is 12.1 Å². The number of fused-ring (bicyclic) bond motifs is 1. The van der Waals surface area contributed by atoms with Crippen LogP contribution < -0.4 is 15.8 Å². The number of nitrogens with one attached hydrogen (secondary N) is 1. The zero-order valence-corrected chi connectivity index (χ0v) is 17.0. The minimum absolute atomic E-state index is 0.000284. The Labute approximate surface area is 169 Å². The summed E-state index contributed by atoms with van der Waals surface area (Å²) in [5.41, 5.74) is -0.0972. The molecule has 1 unspecified atom stereocenters. The van der Waals surface area contributed by atoms with Gasteiger partial charge in [-0.2, -0.15) is 4.39 Å². The van der Waals surface area contributed by atoms with Crippen molar-refractivity contribution in [2.45, 2.75) is 33.0 Å². The van der Waals surface area contributed by atoms with E-state index in [-0.39, 0.29) is 30.6 Å². The summed E-state index contributed by atoms with van der Waals surface area (Å²) in [7, 11) is -3.93. The van der Waals surface area contributed by atoms with Crippen LogP contribution in [-0.4, -0.2) is 9.55 Å². The quantitative estimate of drug-likeness (QED) is 0.608. The molecule has 0 radical (unpaired) electrons. The van der Waals surface area contributed by atoms with Crippen molar-refractivity contribution in [2.24, 2.45) is 0 Å². The fraction of sp³-hybridized carbons (Fsp3) is 0.263. The molecule has 0 saturated heterocycles. The maximum absolute atomic E-state index is 13.5. The summed E-state index contributed by atoms with van der Waals surface area (Å²) in [5.74, 6) is -0.742. The lowest BCUT2D eigenvalue weighted by Gasteiger charge is -2.21. The molecule has 3 heterocycles. The smallest absolute Gasteiger partial charge is 0.438 e. The third-order valence-corrected chi connectivity index (χ3v) is 5.80. The molecule has 3 aromatic rings. The minimum Gasteiger partial charge on any atom is -0.438 e. The topological polar surface area (TPSA) is 113 Å². The molecule has 158 valence electrons. The lowest BCUT2D eigenvalue weighted by atomic mass is 10.0. The SMILES string of the molecule is CC(C)c1ccc(COP2(=O)OCc3oc(-n4cc(F)c(=O)[nH]c4=O)cc3O2)cc1. The standard InChI is InChI=1S/C19H18FN2O7P/c1-11(2)13-5-3-12(4-6-13)9-26-30(25)27-10-16-15(29-30)7-17(28-16)22-8-14(20)18(23)21-19(22)24/h3-8,11H,9-10H2,1-2H3,(H,21,23,24). The average Bonchev–Trinajstić information content (AvgIpc) is 3.12. The molecule has 1 aromatic carbocycles. The lowest BCUT2D eigenvalue weighted by molar-refractivity contribution is 0.118. The Bertz CT molecular complexity index is 1240. The number of hydrogen-bond acceptors (Lipinski definition) is 7. The van der Waals surface area contributed by atoms with Crippen LogP contribution in [0.3, 0.4) is 0 Å². The van der Waals surface area contributed by atoms with Gasteiger partial charge in [0, 0.05) is 6.07 Å². The highest BCUT2D eigenvalue weighted by molar-refractivity contribution is 7.49. The van der Waals surface area contributed by atoms with Gasteiger partial charge in [-0.05, 0) is 17.0 Å². The predicted octanol–water partition coefficient (Wildman–Crippen LogP) is 3.62. The third-order valence-electron chi connectivity index (χ3n) is 4.49. The number of nitrogens with zero attached hydrogens (tertiary/aromatic N) is 1. The normalized spacial score (nSPS) is 18.3. The Hall–Kier alpha value is -2.94. The van der Waals surface area contributed by atoms with Gasteiger partial charge < -0.3 is 8.94 Å². The maximum Gasteiger partial charge on any atom is 0.530 e. The minimum atomic E-state index is -3.93. The number of phosphoric acid groups is 1. The van der Waals surface area contributed by atoms with Crippen molar-refractivity contribution in [1.29, 1.82) is 0 Å². The second-order valence-corrected chi connectivity index (χ2v) is 8.55. The zero-order valence-electron chi connectivity index (χ0n) is 16.1. The third kappa shape index (κ3) is 4.02. The second kappa shape index (κ2) is 7.71. The highest BCUT2D eigenvalue weighted by atomic mass is 31.2. The number of aromatic nitrogens is 2. The van der Waals surface area contributed by atoms with Gasteiger partial charge in [-0.15, -0.1) is 0 Å². The number of H-pyrrole nitrogens is 1. The predicted molar refractivity (Wildman–Crippen MR) is 103 cm³/mol. The number of aromatic amines is 1. The van der Waals surface area contributed by atoms with Crippen molar-refractivity contribution >= 4 is 7.82 Å². The Kier molecular flexibility index (Phi) is 5.23. The van der Waals surface area contributed by atoms with Gasteiger partial charge in [0.05, 0.1) is 12.8 Å². The number of furan rings is 1. The molecule has 0 fully saturated rings. The summed E-state index contributed by atoms with van der Waals surface area (Å²) in [6.45, 7) is 3.93. The van der Waals surface area contributed by atoms with Crippen LogP contribution in [0.2, 0.25) is 0 Å². The first-order valence-corrected chi connectivity index (χ1v) is 10.5. The first-order chi connectivity index (χ1) is 14.2. The van der Waals surface area contributed by atoms with Crippen molar-refractivity contribution in [3.8, 4) is 11.6 Å². The van der Waals surface area contributed by atoms with Gasteiger partial charge in [-0.1, -0.05) is 38.1 Å². The summed E-state index contributed by atoms with van der Waals surface area (Å²) in [6.07, 6.45) is 0.684. The van der Waals surface area contributed by atoms with Gasteiger partial charge in [0.15, 0.2) is 11.5 Å². The van der Waals surface area contributed by atoms with Crippen LogP contribution in [0.5, 0.6) is 5.75 Å². The molecule has 1 N–H and O–H groups in total. The number of halogens is 1. The Balaban J connectivity index is 1.51. The van der Waals surface area contributed by atoms with E-state index in [9.17, 15) is 18.5 Å². The van der Waals surface area contributed by atoms with E-state index in [1.165, 1.54) is 11.6 Å². The molecule has 1 atom stereocenters. The van der Waals surface area contributed by atoms with Crippen molar-refractivity contribution in [1.82, 2.24) is 9.55 Å². The molecule has 1 aliphatic rings. The van der Waals surface area contributed by atoms with E-state index in [0.717, 1.165) is 10.1 Å². The van der Waals surface area contributed by atoms with Gasteiger partial charge >= 0.3 is 13.5 Å². The molecule has 0 spiro atoms. The van der Waals surface area contributed by atoms with Gasteiger partial charge in [-0.3, -0.25) is 18.8 Å². The lowest BCUT2D eigenvalue weighted by Crippen LogP contribution is -2.30. The first-order valence-electron chi connectivity index (χ1n) is 9.06. The number of rotatable bonds is 5. The summed E-state index contributed by atoms with van der Waals surface area (Å²) in [6, 6.07) is 8.89. The summed E-state index contributed by atoms with van der Waals surface area (Å²) >= 11 is 0. The van der Waals surface area contributed by atoms with Crippen LogP contribution in [-0.2, 0) is 26.8 Å². The molecule has 30 heavy (non-hydrogen) atoms. The van der Waals surface area contributed by atoms with Crippen LogP contribution in [0.4, 0.5) is 4.39 Å². The first kappa shape index (κ1) is 20.3. The van der Waals surface area contributed by atoms with Crippen LogP contribution in [0.25, 0.3) is 5.88 Å². The Morgan fingerprint density at radius 3 is 2.70 bits per heavy atom. The van der Waals surface area contributed by atoms with E-state index in [4.69, 9.17) is 18.0 Å². The fourth-order valence-electron chi connectivity index (χ4n) is 2.81. The van der Waals surface area contributed by atoms with Gasteiger partial charge in [0.1, 0.15) is 6.61 Å². The molecule has 1 aliphatic heterocycles. The monoisotopic (exact) mass is 436 g/mol. The number of phosphoric ester groups is 1. The van der Waals surface area contributed by atoms with Crippen LogP contribution in [0.1, 0.15) is 36.7 Å². The summed E-state index contributed by atoms with van der Waals surface area (Å²) in [4.78, 5) is 24.9. The van der Waals surface area contributed by atoms with E-state index in [1.807, 2.05) is 29.2 Å². The molecule has 9 nitrogen and oxygen atoms in total. The summed E-state index contributed by atoms with van der Waals surface area (Å²) < 4.78 is 48.4. The largest absolute Gasteiger partial charge is 0.530 e. The highest BCUT2D eigenvalue weighted by Crippen LogP contribution is 2.55. The van der Waals surface area contributed by atoms with E-state index >= 15 is 0 Å². The van der Waals surface area contributed by atoms with E-state index in [2.05, 4.69) is 13.8 Å². The Morgan fingerprint density at radius 1 is 1.27 bits per heavy atom. The molecule has 2 aromatic heterocycles. The summed E-state index contributed by atoms with van der Waals surface area (Å²) in [5, 5.41) is 0. The molecule has 0 saturated carbocycles. The average molecular weight is 436 g/mol. The molecular formula is C19H18FN2O7P. The number of hydrogen-bond donors (Lipinski definition) is 1. The van der Waals surface area contributed by atoms with E-state index in [1.54, 1.807) is 0 Å². The number of benzene rings is 1. The van der Waals surface area contributed by atoms with Crippen molar-refractivity contribution in [3.63, 3.8) is 0 Å². The van der Waals surface area contributed by atoms with E-state index < -0.39 is 24.9 Å². The van der Waals surface area contributed by atoms with Crippen LogP contribution in [0.15, 0.2) is 50.5 Å². The molecule has 0 amide bonds. The molecule has 0 bridgehead atoms. The maximum atomic E-state index is 13.5. The van der Waals surface area contributed by atoms with Crippen molar-refractivity contribution < 1.29 is 26.9 Å². The van der Waals surface area contributed by atoms with Crippen LogP contribution >= 0.6 is 7.82 Å². The van der Waals surface area contributed by atoms with Crippen molar-refractivity contribution in [2.75, 3.05) is 0 Å². The molecular weight excluding hydrogens is 418 g/mol. The zero-order chi connectivity index (χ0) is 21.5.